The Labute approximate surface area is 220 Å². The lowest BCUT2D eigenvalue weighted by Gasteiger charge is -3.10. The SMILES string of the molecule is O=C(NCc1ccc(F)c(C(F)(F)F)c1)c1cc(C(=O)NCC23C4C5C2C2C3C4C52C(=O)O)n2ncc(F)c2n1. The van der Waals surface area contributed by atoms with Crippen LogP contribution in [0, 0.1) is 58.0 Å². The van der Waals surface area contributed by atoms with Gasteiger partial charge in [-0.05, 0) is 58.6 Å². The largest absolute Gasteiger partial charge is 0.481 e. The molecule has 6 aliphatic carbocycles. The molecule has 2 aromatic heterocycles. The van der Waals surface area contributed by atoms with Gasteiger partial charge in [0.05, 0.1) is 17.2 Å². The molecule has 2 amide bonds. The average molecular weight is 559 g/mol. The van der Waals surface area contributed by atoms with Crippen LogP contribution in [0.5, 0.6) is 0 Å². The number of hydrogen-bond donors (Lipinski definition) is 3. The van der Waals surface area contributed by atoms with E-state index >= 15 is 0 Å². The molecule has 9 rings (SSSR count). The minimum Gasteiger partial charge on any atom is -0.481 e. The van der Waals surface area contributed by atoms with Crippen molar-refractivity contribution in [2.24, 2.45) is 46.3 Å². The van der Waals surface area contributed by atoms with E-state index in [1.165, 1.54) is 0 Å². The molecule has 0 unspecified atom stereocenters. The van der Waals surface area contributed by atoms with Crippen molar-refractivity contribution in [1.29, 1.82) is 0 Å². The standard InChI is InChI=1S/C26H18F5N5O4/c27-10-2-1-8(3-9(10)26(29,30)31)5-32-21(37)12-4-13(36-20(35-12)11(28)6-34-36)22(38)33-7-24-14-17-15(24)19-16(24)18(14)25(17,19)23(39)40/h1-4,6,14-19H,5,7H2,(H,32,37)(H,33,38)(H,39,40). The first-order chi connectivity index (χ1) is 18.9. The van der Waals surface area contributed by atoms with Crippen molar-refractivity contribution < 1.29 is 41.4 Å². The summed E-state index contributed by atoms with van der Waals surface area (Å²) >= 11 is 0. The quantitative estimate of drug-likeness (QED) is 0.382. The smallest absolute Gasteiger partial charge is 0.419 e. The number of alkyl halides is 3. The van der Waals surface area contributed by atoms with Gasteiger partial charge in [-0.15, -0.1) is 0 Å². The Morgan fingerprint density at radius 1 is 0.950 bits per heavy atom. The Bertz CT molecular complexity index is 1660. The lowest BCUT2D eigenvalue weighted by Crippen LogP contribution is -3.11. The van der Waals surface area contributed by atoms with Gasteiger partial charge in [-0.1, -0.05) is 6.07 Å². The van der Waals surface area contributed by atoms with Gasteiger partial charge in [0.15, 0.2) is 11.5 Å². The minimum atomic E-state index is -4.92. The van der Waals surface area contributed by atoms with Gasteiger partial charge in [0, 0.05) is 19.2 Å². The van der Waals surface area contributed by atoms with Crippen LogP contribution in [0.2, 0.25) is 0 Å². The molecule has 0 aliphatic heterocycles. The van der Waals surface area contributed by atoms with E-state index in [1.54, 1.807) is 0 Å². The van der Waals surface area contributed by atoms with Crippen molar-refractivity contribution >= 4 is 23.4 Å². The molecule has 0 spiro atoms. The molecule has 6 aliphatic rings. The van der Waals surface area contributed by atoms with Crippen LogP contribution in [-0.2, 0) is 17.5 Å². The highest BCUT2D eigenvalue weighted by Crippen LogP contribution is 3.10. The predicted molar refractivity (Wildman–Crippen MR) is 121 cm³/mol. The molecular formula is C26H18F5N5O4. The number of carboxylic acid groups (broad SMARTS) is 1. The number of fused-ring (bicyclic) bond motifs is 1. The topological polar surface area (TPSA) is 126 Å². The third-order valence-corrected chi connectivity index (χ3v) is 10.4. The van der Waals surface area contributed by atoms with Crippen LogP contribution >= 0.6 is 0 Å². The van der Waals surface area contributed by atoms with Crippen molar-refractivity contribution in [2.45, 2.75) is 12.7 Å². The molecule has 40 heavy (non-hydrogen) atoms. The van der Waals surface area contributed by atoms with E-state index in [4.69, 9.17) is 0 Å². The Balaban J connectivity index is 0.995. The predicted octanol–water partition coefficient (Wildman–Crippen LogP) is 2.51. The van der Waals surface area contributed by atoms with Crippen LogP contribution in [0.15, 0.2) is 30.5 Å². The van der Waals surface area contributed by atoms with Crippen molar-refractivity contribution in [1.82, 2.24) is 25.2 Å². The highest BCUT2D eigenvalue weighted by molar-refractivity contribution is 5.98. The summed E-state index contributed by atoms with van der Waals surface area (Å²) in [6, 6.07) is 3.40. The average Bonchev–Trinajstić information content (AvgIpc) is 3.30. The van der Waals surface area contributed by atoms with Gasteiger partial charge >= 0.3 is 12.1 Å². The van der Waals surface area contributed by atoms with Crippen LogP contribution in [-0.4, -0.2) is 44.0 Å². The molecule has 14 heteroatoms. The third-order valence-electron chi connectivity index (χ3n) is 10.4. The summed E-state index contributed by atoms with van der Waals surface area (Å²) in [6.07, 6.45) is -4.08. The summed E-state index contributed by atoms with van der Waals surface area (Å²) < 4.78 is 67.9. The molecule has 0 bridgehead atoms. The van der Waals surface area contributed by atoms with Crippen molar-refractivity contribution in [3.63, 3.8) is 0 Å². The molecule has 6 fully saturated rings. The number of hydrogen-bond acceptors (Lipinski definition) is 5. The number of aromatic nitrogens is 3. The monoisotopic (exact) mass is 559 g/mol. The molecule has 206 valence electrons. The first-order valence-electron chi connectivity index (χ1n) is 12.6. The molecule has 1 aromatic carbocycles. The van der Waals surface area contributed by atoms with Crippen molar-refractivity contribution in [3.05, 3.63) is 64.6 Å². The molecule has 3 N–H and O–H groups in total. The highest BCUT2D eigenvalue weighted by atomic mass is 19.4. The zero-order chi connectivity index (χ0) is 28.1. The fraction of sp³-hybridized carbons (Fsp3) is 0.423. The fourth-order valence-electron chi connectivity index (χ4n) is 9.24. The van der Waals surface area contributed by atoms with Crippen LogP contribution in [0.4, 0.5) is 22.0 Å². The van der Waals surface area contributed by atoms with Crippen LogP contribution in [0.3, 0.4) is 0 Å². The normalized spacial score (nSPS) is 34.9. The van der Waals surface area contributed by atoms with E-state index in [9.17, 15) is 41.4 Å². The number of carbonyl (C=O) groups excluding carboxylic acids is 2. The molecule has 9 nitrogen and oxygen atoms in total. The van der Waals surface area contributed by atoms with E-state index in [0.29, 0.717) is 36.4 Å². The Kier molecular flexibility index (Phi) is 4.14. The first-order valence-corrected chi connectivity index (χ1v) is 12.6. The number of rotatable bonds is 7. The zero-order valence-corrected chi connectivity index (χ0v) is 20.2. The summed E-state index contributed by atoms with van der Waals surface area (Å²) in [4.78, 5) is 41.7. The van der Waals surface area contributed by atoms with E-state index in [2.05, 4.69) is 20.7 Å². The zero-order valence-electron chi connectivity index (χ0n) is 20.2. The number of benzene rings is 1. The summed E-state index contributed by atoms with van der Waals surface area (Å²) in [5.74, 6) is -3.09. The van der Waals surface area contributed by atoms with Gasteiger partial charge in [-0.2, -0.15) is 18.3 Å². The van der Waals surface area contributed by atoms with Crippen LogP contribution in [0.1, 0.15) is 32.1 Å². The van der Waals surface area contributed by atoms with Gasteiger partial charge in [-0.3, -0.25) is 14.4 Å². The van der Waals surface area contributed by atoms with Gasteiger partial charge < -0.3 is 15.7 Å². The number of nitrogens with one attached hydrogen (secondary N) is 2. The van der Waals surface area contributed by atoms with Crippen molar-refractivity contribution in [2.75, 3.05) is 6.54 Å². The Morgan fingerprint density at radius 3 is 2.25 bits per heavy atom. The second-order valence-electron chi connectivity index (χ2n) is 11.4. The summed E-state index contributed by atoms with van der Waals surface area (Å²) in [7, 11) is 0. The number of halogens is 5. The van der Waals surface area contributed by atoms with Crippen molar-refractivity contribution in [3.8, 4) is 0 Å². The molecular weight excluding hydrogens is 541 g/mol. The molecule has 2 heterocycles. The fourth-order valence-corrected chi connectivity index (χ4v) is 9.24. The Morgan fingerprint density at radius 2 is 1.62 bits per heavy atom. The van der Waals surface area contributed by atoms with Crippen LogP contribution in [0.25, 0.3) is 5.65 Å². The second-order valence-corrected chi connectivity index (χ2v) is 11.4. The number of aliphatic carboxylic acids is 1. The molecule has 0 saturated heterocycles. The number of carboxylic acids is 1. The summed E-state index contributed by atoms with van der Waals surface area (Å²) in [5.41, 5.74) is -3.05. The molecule has 6 saturated carbocycles. The third kappa shape index (κ3) is 2.35. The Hall–Kier alpha value is -4.10. The maximum absolute atomic E-state index is 14.4. The van der Waals surface area contributed by atoms with E-state index in [-0.39, 0.29) is 40.1 Å². The number of carbonyl (C=O) groups is 3. The van der Waals surface area contributed by atoms with Gasteiger partial charge in [-0.25, -0.2) is 18.3 Å². The van der Waals surface area contributed by atoms with E-state index in [0.717, 1.165) is 22.8 Å². The number of amides is 2. The maximum Gasteiger partial charge on any atom is 0.419 e. The molecule has 0 atom stereocenters. The molecule has 3 aromatic rings. The lowest BCUT2D eigenvalue weighted by atomic mass is 8.92. The van der Waals surface area contributed by atoms with E-state index < -0.39 is 58.8 Å². The van der Waals surface area contributed by atoms with E-state index in [1.807, 2.05) is 0 Å². The first kappa shape index (κ1) is 23.8. The van der Waals surface area contributed by atoms with Gasteiger partial charge in [0.25, 0.3) is 11.8 Å². The van der Waals surface area contributed by atoms with Gasteiger partial charge in [0.2, 0.25) is 0 Å². The minimum absolute atomic E-state index is 0.0327. The summed E-state index contributed by atoms with van der Waals surface area (Å²) in [6.45, 7) is -0.0709. The highest BCUT2D eigenvalue weighted by Gasteiger charge is 3.11. The lowest BCUT2D eigenvalue weighted by molar-refractivity contribution is -0.640. The molecule has 0 radical (unpaired) electrons. The van der Waals surface area contributed by atoms with Crippen LogP contribution < -0.4 is 10.6 Å². The summed E-state index contributed by atoms with van der Waals surface area (Å²) in [5, 5.41) is 18.7. The second kappa shape index (κ2) is 6.96. The number of nitrogens with zero attached hydrogens (tertiary/aromatic N) is 3. The van der Waals surface area contributed by atoms with Gasteiger partial charge in [0.1, 0.15) is 17.2 Å². The maximum atomic E-state index is 14.4.